The Morgan fingerprint density at radius 2 is 2.13 bits per heavy atom. The Kier molecular flexibility index (Phi) is 5.48. The number of hydrogen-bond acceptors (Lipinski definition) is 6. The lowest BCUT2D eigenvalue weighted by Gasteiger charge is -2.42. The van der Waals surface area contributed by atoms with Gasteiger partial charge in [0.1, 0.15) is 6.61 Å². The molecule has 1 unspecified atom stereocenters. The van der Waals surface area contributed by atoms with Crippen LogP contribution in [0.4, 0.5) is 10.3 Å². The number of aromatic nitrogens is 2. The molecular formula is C15H23FN4O3. The first kappa shape index (κ1) is 17.6. The maximum absolute atomic E-state index is 13.0. The highest BCUT2D eigenvalue weighted by Gasteiger charge is 2.34. The van der Waals surface area contributed by atoms with Crippen molar-refractivity contribution in [1.29, 1.82) is 0 Å². The molecule has 0 saturated carbocycles. The van der Waals surface area contributed by atoms with Gasteiger partial charge in [-0.05, 0) is 13.8 Å². The van der Waals surface area contributed by atoms with Crippen molar-refractivity contribution in [1.82, 2.24) is 14.9 Å². The fourth-order valence-corrected chi connectivity index (χ4v) is 2.41. The van der Waals surface area contributed by atoms with Crippen LogP contribution in [0.25, 0.3) is 0 Å². The van der Waals surface area contributed by atoms with Crippen molar-refractivity contribution in [3.8, 4) is 0 Å². The SMILES string of the molecule is CN(C)C(=O)COCC1CN(c2ncc(F)cn2)CC(C)(C)O1. The summed E-state index contributed by atoms with van der Waals surface area (Å²) in [5, 5.41) is 0. The fourth-order valence-electron chi connectivity index (χ4n) is 2.41. The van der Waals surface area contributed by atoms with E-state index in [9.17, 15) is 9.18 Å². The van der Waals surface area contributed by atoms with E-state index in [-0.39, 0.29) is 18.6 Å². The molecule has 1 aliphatic rings. The summed E-state index contributed by atoms with van der Waals surface area (Å²) >= 11 is 0. The number of anilines is 1. The van der Waals surface area contributed by atoms with Crippen LogP contribution < -0.4 is 4.90 Å². The van der Waals surface area contributed by atoms with Crippen LogP contribution in [0.1, 0.15) is 13.8 Å². The summed E-state index contributed by atoms with van der Waals surface area (Å²) in [5.74, 6) is -0.112. The molecule has 128 valence electrons. The predicted octanol–water partition coefficient (Wildman–Crippen LogP) is 0.704. The maximum atomic E-state index is 13.0. The average molecular weight is 326 g/mol. The van der Waals surface area contributed by atoms with E-state index in [1.165, 1.54) is 4.90 Å². The molecule has 0 aromatic carbocycles. The number of halogens is 1. The molecule has 0 aliphatic carbocycles. The summed E-state index contributed by atoms with van der Waals surface area (Å²) in [6, 6.07) is 0. The monoisotopic (exact) mass is 326 g/mol. The molecule has 1 aromatic rings. The van der Waals surface area contributed by atoms with Crippen molar-refractivity contribution in [3.05, 3.63) is 18.2 Å². The Morgan fingerprint density at radius 1 is 1.48 bits per heavy atom. The third-order valence-electron chi connectivity index (χ3n) is 3.40. The van der Waals surface area contributed by atoms with Gasteiger partial charge in [-0.2, -0.15) is 0 Å². The van der Waals surface area contributed by atoms with Crippen molar-refractivity contribution < 1.29 is 18.7 Å². The van der Waals surface area contributed by atoms with Gasteiger partial charge in [-0.3, -0.25) is 4.79 Å². The Morgan fingerprint density at radius 3 is 2.74 bits per heavy atom. The number of amides is 1. The van der Waals surface area contributed by atoms with Gasteiger partial charge in [0.05, 0.1) is 30.7 Å². The van der Waals surface area contributed by atoms with Gasteiger partial charge < -0.3 is 19.3 Å². The highest BCUT2D eigenvalue weighted by molar-refractivity contribution is 5.76. The van der Waals surface area contributed by atoms with Gasteiger partial charge in [-0.25, -0.2) is 14.4 Å². The largest absolute Gasteiger partial charge is 0.369 e. The Balaban J connectivity index is 1.95. The Labute approximate surface area is 135 Å². The number of carbonyl (C=O) groups is 1. The molecule has 0 bridgehead atoms. The molecule has 2 heterocycles. The highest BCUT2D eigenvalue weighted by atomic mass is 19.1. The minimum absolute atomic E-state index is 0.0142. The molecule has 1 saturated heterocycles. The number of ether oxygens (including phenoxy) is 2. The first-order valence-corrected chi connectivity index (χ1v) is 7.45. The highest BCUT2D eigenvalue weighted by Crippen LogP contribution is 2.24. The lowest BCUT2D eigenvalue weighted by atomic mass is 10.1. The second-order valence-electron chi connectivity index (χ2n) is 6.38. The van der Waals surface area contributed by atoms with Crippen molar-refractivity contribution in [3.63, 3.8) is 0 Å². The van der Waals surface area contributed by atoms with Gasteiger partial charge in [-0.1, -0.05) is 0 Å². The molecule has 7 nitrogen and oxygen atoms in total. The van der Waals surface area contributed by atoms with E-state index in [1.807, 2.05) is 18.7 Å². The first-order valence-electron chi connectivity index (χ1n) is 7.45. The lowest BCUT2D eigenvalue weighted by molar-refractivity contribution is -0.139. The van der Waals surface area contributed by atoms with Crippen LogP contribution >= 0.6 is 0 Å². The Hall–Kier alpha value is -1.80. The van der Waals surface area contributed by atoms with Crippen molar-refractivity contribution in [2.45, 2.75) is 25.6 Å². The first-order chi connectivity index (χ1) is 10.8. The minimum atomic E-state index is -0.469. The van der Waals surface area contributed by atoms with Gasteiger partial charge >= 0.3 is 0 Å². The summed E-state index contributed by atoms with van der Waals surface area (Å²) < 4.78 is 24.4. The van der Waals surface area contributed by atoms with Crippen LogP contribution in [0, 0.1) is 5.82 Å². The Bertz CT molecular complexity index is 536. The van der Waals surface area contributed by atoms with Crippen LogP contribution in [-0.4, -0.2) is 72.9 Å². The molecule has 0 N–H and O–H groups in total. The molecular weight excluding hydrogens is 303 g/mol. The topological polar surface area (TPSA) is 67.8 Å². The minimum Gasteiger partial charge on any atom is -0.369 e. The van der Waals surface area contributed by atoms with E-state index in [0.29, 0.717) is 25.6 Å². The van der Waals surface area contributed by atoms with Gasteiger partial charge in [0.2, 0.25) is 11.9 Å². The standard InChI is InChI=1S/C15H23FN4O3/c1-15(2)10-20(14-17-5-11(16)6-18-14)7-12(23-15)8-22-9-13(21)19(3)4/h5-6,12H,7-10H2,1-4H3. The number of nitrogens with zero attached hydrogens (tertiary/aromatic N) is 4. The van der Waals surface area contributed by atoms with E-state index in [4.69, 9.17) is 9.47 Å². The van der Waals surface area contributed by atoms with Crippen LogP contribution in [-0.2, 0) is 14.3 Å². The zero-order valence-electron chi connectivity index (χ0n) is 14.0. The molecule has 1 atom stereocenters. The number of rotatable bonds is 5. The molecule has 1 aliphatic heterocycles. The summed E-state index contributed by atoms with van der Waals surface area (Å²) in [4.78, 5) is 23.0. The number of likely N-dealkylation sites (N-methyl/N-ethyl adjacent to an activating group) is 1. The van der Waals surface area contributed by atoms with Crippen LogP contribution in [0.15, 0.2) is 12.4 Å². The maximum Gasteiger partial charge on any atom is 0.248 e. The van der Waals surface area contributed by atoms with Crippen molar-refractivity contribution >= 4 is 11.9 Å². The van der Waals surface area contributed by atoms with Crippen LogP contribution in [0.2, 0.25) is 0 Å². The molecule has 1 fully saturated rings. The predicted molar refractivity (Wildman–Crippen MR) is 82.7 cm³/mol. The lowest BCUT2D eigenvalue weighted by Crippen LogP contribution is -2.54. The zero-order chi connectivity index (χ0) is 17.0. The third-order valence-corrected chi connectivity index (χ3v) is 3.40. The van der Waals surface area contributed by atoms with E-state index >= 15 is 0 Å². The van der Waals surface area contributed by atoms with E-state index in [0.717, 1.165) is 12.4 Å². The second kappa shape index (κ2) is 7.18. The van der Waals surface area contributed by atoms with E-state index in [2.05, 4.69) is 9.97 Å². The molecule has 2 rings (SSSR count). The average Bonchev–Trinajstić information content (AvgIpc) is 2.46. The summed E-state index contributed by atoms with van der Waals surface area (Å²) in [5.41, 5.74) is -0.421. The fraction of sp³-hybridized carbons (Fsp3) is 0.667. The van der Waals surface area contributed by atoms with E-state index < -0.39 is 11.4 Å². The number of hydrogen-bond donors (Lipinski definition) is 0. The summed E-state index contributed by atoms with van der Waals surface area (Å²) in [6.07, 6.45) is 2.07. The molecule has 1 amide bonds. The van der Waals surface area contributed by atoms with Crippen LogP contribution in [0.3, 0.4) is 0 Å². The molecule has 1 aromatic heterocycles. The molecule has 23 heavy (non-hydrogen) atoms. The summed E-state index contributed by atoms with van der Waals surface area (Å²) in [7, 11) is 3.36. The van der Waals surface area contributed by atoms with E-state index in [1.54, 1.807) is 14.1 Å². The van der Waals surface area contributed by atoms with Gasteiger partial charge in [0.25, 0.3) is 0 Å². The second-order valence-corrected chi connectivity index (χ2v) is 6.38. The number of carbonyl (C=O) groups excluding carboxylic acids is 1. The normalized spacial score (nSPS) is 20.4. The molecule has 0 radical (unpaired) electrons. The van der Waals surface area contributed by atoms with Crippen LogP contribution in [0.5, 0.6) is 0 Å². The number of morpholine rings is 1. The van der Waals surface area contributed by atoms with Gasteiger partial charge in [-0.15, -0.1) is 0 Å². The summed E-state index contributed by atoms with van der Waals surface area (Å²) in [6.45, 7) is 5.33. The smallest absolute Gasteiger partial charge is 0.248 e. The third kappa shape index (κ3) is 5.11. The van der Waals surface area contributed by atoms with Crippen molar-refractivity contribution in [2.75, 3.05) is 45.3 Å². The zero-order valence-corrected chi connectivity index (χ0v) is 14.0. The quantitative estimate of drug-likeness (QED) is 0.794. The van der Waals surface area contributed by atoms with Gasteiger partial charge in [0, 0.05) is 27.2 Å². The van der Waals surface area contributed by atoms with Gasteiger partial charge in [0.15, 0.2) is 5.82 Å². The molecule has 0 spiro atoms. The molecule has 8 heteroatoms. The van der Waals surface area contributed by atoms with Crippen molar-refractivity contribution in [2.24, 2.45) is 0 Å².